The number of benzene rings is 1. The first-order valence-corrected chi connectivity index (χ1v) is 4.88. The second-order valence-corrected chi connectivity index (χ2v) is 3.40. The van der Waals surface area contributed by atoms with Crippen molar-refractivity contribution in [2.45, 2.75) is 19.0 Å². The zero-order chi connectivity index (χ0) is 12.0. The van der Waals surface area contributed by atoms with Gasteiger partial charge in [-0.15, -0.1) is 12.3 Å². The molecule has 84 valence electrons. The van der Waals surface area contributed by atoms with Crippen LogP contribution in [-0.4, -0.2) is 17.1 Å². The van der Waals surface area contributed by atoms with Crippen molar-refractivity contribution in [3.63, 3.8) is 0 Å². The van der Waals surface area contributed by atoms with Crippen LogP contribution in [0.1, 0.15) is 12.0 Å². The van der Waals surface area contributed by atoms with Crippen molar-refractivity contribution >= 4 is 5.91 Å². The van der Waals surface area contributed by atoms with Crippen LogP contribution in [0.25, 0.3) is 0 Å². The normalized spacial score (nSPS) is 11.5. The predicted octanol–water partition coefficient (Wildman–Crippen LogP) is 0.359. The first-order chi connectivity index (χ1) is 7.63. The van der Waals surface area contributed by atoms with Crippen molar-refractivity contribution in [3.8, 4) is 18.1 Å². The van der Waals surface area contributed by atoms with Crippen molar-refractivity contribution in [2.24, 2.45) is 5.73 Å². The van der Waals surface area contributed by atoms with Crippen LogP contribution < -0.4 is 11.1 Å². The molecule has 4 heteroatoms. The lowest BCUT2D eigenvalue weighted by Gasteiger charge is -2.09. The molecule has 0 aliphatic rings. The summed E-state index contributed by atoms with van der Waals surface area (Å²) in [5.41, 5.74) is 6.41. The van der Waals surface area contributed by atoms with E-state index in [4.69, 9.17) is 17.3 Å². The largest absolute Gasteiger partial charge is 0.508 e. The van der Waals surface area contributed by atoms with Crippen molar-refractivity contribution in [3.05, 3.63) is 29.8 Å². The molecule has 0 aromatic heterocycles. The zero-order valence-corrected chi connectivity index (χ0v) is 8.81. The number of carbonyl (C=O) groups excluding carboxylic acids is 1. The molecule has 0 spiro atoms. The highest BCUT2D eigenvalue weighted by Crippen LogP contribution is 2.09. The highest BCUT2D eigenvalue weighted by Gasteiger charge is 2.10. The van der Waals surface area contributed by atoms with Gasteiger partial charge in [0.1, 0.15) is 5.75 Å². The van der Waals surface area contributed by atoms with Gasteiger partial charge in [0.05, 0.1) is 6.04 Å². The third kappa shape index (κ3) is 3.64. The van der Waals surface area contributed by atoms with Crippen molar-refractivity contribution in [2.75, 3.05) is 0 Å². The first kappa shape index (κ1) is 12.1. The maximum Gasteiger partial charge on any atom is 0.238 e. The van der Waals surface area contributed by atoms with E-state index in [1.807, 2.05) is 0 Å². The number of terminal acetylenes is 1. The lowest BCUT2D eigenvalue weighted by molar-refractivity contribution is -0.122. The summed E-state index contributed by atoms with van der Waals surface area (Å²) < 4.78 is 0. The van der Waals surface area contributed by atoms with E-state index in [-0.39, 0.29) is 18.1 Å². The predicted molar refractivity (Wildman–Crippen MR) is 61.4 cm³/mol. The lowest BCUT2D eigenvalue weighted by Crippen LogP contribution is -2.39. The van der Waals surface area contributed by atoms with E-state index in [0.717, 1.165) is 5.56 Å². The average Bonchev–Trinajstić information content (AvgIpc) is 2.28. The molecular weight excluding hydrogens is 204 g/mol. The molecule has 1 aromatic rings. The number of amides is 1. The molecule has 4 N–H and O–H groups in total. The van der Waals surface area contributed by atoms with Crippen molar-refractivity contribution in [1.82, 2.24) is 5.32 Å². The van der Waals surface area contributed by atoms with Crippen LogP contribution in [0.5, 0.6) is 5.75 Å². The summed E-state index contributed by atoms with van der Waals surface area (Å²) in [6.45, 7) is 0.372. The van der Waals surface area contributed by atoms with Crippen LogP contribution in [-0.2, 0) is 11.3 Å². The molecule has 0 fully saturated rings. The number of carbonyl (C=O) groups is 1. The number of aromatic hydroxyl groups is 1. The van der Waals surface area contributed by atoms with E-state index >= 15 is 0 Å². The van der Waals surface area contributed by atoms with Gasteiger partial charge in [0.2, 0.25) is 5.91 Å². The van der Waals surface area contributed by atoms with E-state index in [1.54, 1.807) is 24.3 Å². The molecule has 0 aliphatic heterocycles. The topological polar surface area (TPSA) is 75.4 Å². The van der Waals surface area contributed by atoms with Crippen LogP contribution in [0.15, 0.2) is 24.3 Å². The van der Waals surface area contributed by atoms with Gasteiger partial charge in [-0.1, -0.05) is 12.1 Å². The standard InChI is InChI=1S/C12H14N2O2/c1-2-3-11(13)12(16)14-8-9-4-6-10(15)7-5-9/h1,4-7,11,15H,3,8,13H2,(H,14,16). The van der Waals surface area contributed by atoms with Gasteiger partial charge >= 0.3 is 0 Å². The van der Waals surface area contributed by atoms with Crippen LogP contribution >= 0.6 is 0 Å². The van der Waals surface area contributed by atoms with Gasteiger partial charge < -0.3 is 16.2 Å². The third-order valence-electron chi connectivity index (χ3n) is 2.08. The number of phenolic OH excluding ortho intramolecular Hbond substituents is 1. The van der Waals surface area contributed by atoms with Crippen LogP contribution in [0, 0.1) is 12.3 Å². The van der Waals surface area contributed by atoms with E-state index in [1.165, 1.54) is 0 Å². The van der Waals surface area contributed by atoms with Gasteiger partial charge in [0, 0.05) is 13.0 Å². The van der Waals surface area contributed by atoms with Crippen LogP contribution in [0.2, 0.25) is 0 Å². The molecule has 1 aromatic carbocycles. The lowest BCUT2D eigenvalue weighted by atomic mass is 10.2. The minimum Gasteiger partial charge on any atom is -0.508 e. The maximum atomic E-state index is 11.4. The second-order valence-electron chi connectivity index (χ2n) is 3.40. The fourth-order valence-corrected chi connectivity index (χ4v) is 1.15. The Balaban J connectivity index is 2.43. The number of nitrogens with two attached hydrogens (primary N) is 1. The van der Waals surface area contributed by atoms with Gasteiger partial charge in [-0.05, 0) is 17.7 Å². The highest BCUT2D eigenvalue weighted by atomic mass is 16.3. The SMILES string of the molecule is C#CCC(N)C(=O)NCc1ccc(O)cc1. The molecule has 0 saturated heterocycles. The van der Waals surface area contributed by atoms with Gasteiger partial charge in [-0.25, -0.2) is 0 Å². The molecule has 4 nitrogen and oxygen atoms in total. The van der Waals surface area contributed by atoms with E-state index in [9.17, 15) is 4.79 Å². The zero-order valence-electron chi connectivity index (χ0n) is 8.81. The molecule has 1 amide bonds. The number of phenols is 1. The van der Waals surface area contributed by atoms with Gasteiger partial charge in [-0.2, -0.15) is 0 Å². The molecule has 0 saturated carbocycles. The van der Waals surface area contributed by atoms with E-state index < -0.39 is 6.04 Å². The van der Waals surface area contributed by atoms with Crippen LogP contribution in [0.3, 0.4) is 0 Å². The third-order valence-corrected chi connectivity index (χ3v) is 2.08. The minimum atomic E-state index is -0.665. The van der Waals surface area contributed by atoms with Gasteiger partial charge in [0.25, 0.3) is 0 Å². The van der Waals surface area contributed by atoms with Gasteiger partial charge in [-0.3, -0.25) is 4.79 Å². The smallest absolute Gasteiger partial charge is 0.238 e. The summed E-state index contributed by atoms with van der Waals surface area (Å²) in [6, 6.07) is 5.90. The number of hydrogen-bond donors (Lipinski definition) is 3. The van der Waals surface area contributed by atoms with Crippen molar-refractivity contribution < 1.29 is 9.90 Å². The Morgan fingerprint density at radius 3 is 2.69 bits per heavy atom. The molecule has 0 aliphatic carbocycles. The Bertz CT molecular complexity index is 392. The number of hydrogen-bond acceptors (Lipinski definition) is 3. The quantitative estimate of drug-likeness (QED) is 0.639. The second kappa shape index (κ2) is 5.79. The molecule has 1 unspecified atom stereocenters. The average molecular weight is 218 g/mol. The summed E-state index contributed by atoms with van der Waals surface area (Å²) in [6.07, 6.45) is 5.28. The minimum absolute atomic E-state index is 0.194. The first-order valence-electron chi connectivity index (χ1n) is 4.88. The fraction of sp³-hybridized carbons (Fsp3) is 0.250. The molecule has 0 heterocycles. The fourth-order valence-electron chi connectivity index (χ4n) is 1.15. The highest BCUT2D eigenvalue weighted by molar-refractivity contribution is 5.81. The summed E-state index contributed by atoms with van der Waals surface area (Å²) >= 11 is 0. The molecule has 1 atom stereocenters. The monoisotopic (exact) mass is 218 g/mol. The number of rotatable bonds is 4. The summed E-state index contributed by atoms with van der Waals surface area (Å²) in [5.74, 6) is 2.26. The summed E-state index contributed by atoms with van der Waals surface area (Å²) in [7, 11) is 0. The number of nitrogens with one attached hydrogen (secondary N) is 1. The molecular formula is C12H14N2O2. The molecule has 0 bridgehead atoms. The van der Waals surface area contributed by atoms with Crippen molar-refractivity contribution in [1.29, 1.82) is 0 Å². The molecule has 16 heavy (non-hydrogen) atoms. The summed E-state index contributed by atoms with van der Waals surface area (Å²) in [5, 5.41) is 11.7. The van der Waals surface area contributed by atoms with E-state index in [2.05, 4.69) is 11.2 Å². The Morgan fingerprint density at radius 1 is 1.50 bits per heavy atom. The van der Waals surface area contributed by atoms with Gasteiger partial charge in [0.15, 0.2) is 0 Å². The molecule has 0 radical (unpaired) electrons. The van der Waals surface area contributed by atoms with Crippen LogP contribution in [0.4, 0.5) is 0 Å². The Labute approximate surface area is 94.5 Å². The Morgan fingerprint density at radius 2 is 2.12 bits per heavy atom. The van der Waals surface area contributed by atoms with E-state index in [0.29, 0.717) is 6.54 Å². The maximum absolute atomic E-state index is 11.4. The molecule has 1 rings (SSSR count). The Hall–Kier alpha value is -1.99. The Kier molecular flexibility index (Phi) is 4.37. The summed E-state index contributed by atoms with van der Waals surface area (Å²) in [4.78, 5) is 11.4.